The number of carbonyl (C=O) groups is 1. The summed E-state index contributed by atoms with van der Waals surface area (Å²) < 4.78 is 43.0. The highest BCUT2D eigenvalue weighted by Crippen LogP contribution is 2.45. The highest BCUT2D eigenvalue weighted by molar-refractivity contribution is 6.34. The summed E-state index contributed by atoms with van der Waals surface area (Å²) in [6, 6.07) is 5.35. The number of aromatic hydroxyl groups is 1. The number of benzene rings is 2. The third kappa shape index (κ3) is 5.96. The Balaban J connectivity index is 1.32. The number of phenols is 1. The SMILES string of the molecule is CN1CCC(Oc2nc(N3CCC4(CC3)CN(C(=O)OC(C)(C)C)C4)c3cc(Cl)c(-c4c(O)cccc4F)c(F)c3n2)CC1. The molecular weight excluding hydrogens is 592 g/mol. The number of nitrogens with zero attached hydrogens (tertiary/aromatic N) is 5. The zero-order valence-electron chi connectivity index (χ0n) is 25.5. The fraction of sp³-hybridized carbons (Fsp3) is 0.531. The Hall–Kier alpha value is -3.44. The van der Waals surface area contributed by atoms with E-state index in [1.807, 2.05) is 20.8 Å². The fourth-order valence-corrected chi connectivity index (χ4v) is 6.71. The maximum atomic E-state index is 16.4. The molecule has 3 aliphatic heterocycles. The van der Waals surface area contributed by atoms with Gasteiger partial charge in [-0.2, -0.15) is 9.97 Å². The Bertz CT molecular complexity index is 1560. The molecule has 0 atom stereocenters. The second-order valence-electron chi connectivity index (χ2n) is 13.4. The van der Waals surface area contributed by atoms with Crippen LogP contribution in [0.2, 0.25) is 5.02 Å². The van der Waals surface area contributed by atoms with Crippen LogP contribution in [0.5, 0.6) is 11.8 Å². The molecule has 3 aliphatic rings. The largest absolute Gasteiger partial charge is 0.507 e. The number of hydrogen-bond donors (Lipinski definition) is 1. The van der Waals surface area contributed by atoms with Crippen molar-refractivity contribution in [2.45, 2.75) is 58.2 Å². The second kappa shape index (κ2) is 11.5. The Morgan fingerprint density at radius 2 is 1.75 bits per heavy atom. The number of amides is 1. The molecule has 3 fully saturated rings. The van der Waals surface area contributed by atoms with Crippen molar-refractivity contribution in [2.24, 2.45) is 5.41 Å². The van der Waals surface area contributed by atoms with E-state index in [1.54, 1.807) is 4.90 Å². The van der Waals surface area contributed by atoms with Gasteiger partial charge in [-0.25, -0.2) is 13.6 Å². The summed E-state index contributed by atoms with van der Waals surface area (Å²) in [5, 5.41) is 10.7. The van der Waals surface area contributed by atoms with E-state index in [4.69, 9.17) is 26.1 Å². The first-order chi connectivity index (χ1) is 20.8. The molecule has 12 heteroatoms. The van der Waals surface area contributed by atoms with Gasteiger partial charge in [0.15, 0.2) is 5.82 Å². The number of hydrogen-bond acceptors (Lipinski definition) is 8. The summed E-state index contributed by atoms with van der Waals surface area (Å²) in [6.07, 6.45) is 2.75. The number of piperidine rings is 2. The van der Waals surface area contributed by atoms with Gasteiger partial charge in [0, 0.05) is 55.6 Å². The molecule has 6 rings (SSSR count). The highest BCUT2D eigenvalue weighted by atomic mass is 35.5. The van der Waals surface area contributed by atoms with E-state index in [0.29, 0.717) is 37.4 Å². The lowest BCUT2D eigenvalue weighted by molar-refractivity contribution is -0.0434. The molecule has 1 amide bonds. The van der Waals surface area contributed by atoms with Crippen LogP contribution in [0.1, 0.15) is 46.5 Å². The van der Waals surface area contributed by atoms with E-state index in [1.165, 1.54) is 18.2 Å². The first-order valence-electron chi connectivity index (χ1n) is 15.1. The van der Waals surface area contributed by atoms with Crippen molar-refractivity contribution in [2.75, 3.05) is 51.2 Å². The molecule has 0 radical (unpaired) electrons. The van der Waals surface area contributed by atoms with E-state index in [-0.39, 0.29) is 45.3 Å². The molecule has 236 valence electrons. The molecule has 3 aromatic rings. The van der Waals surface area contributed by atoms with E-state index in [2.05, 4.69) is 21.8 Å². The molecule has 1 N–H and O–H groups in total. The molecule has 0 aliphatic carbocycles. The first-order valence-corrected chi connectivity index (χ1v) is 15.5. The Morgan fingerprint density at radius 3 is 2.39 bits per heavy atom. The van der Waals surface area contributed by atoms with Crippen molar-refractivity contribution in [3.63, 3.8) is 0 Å². The number of likely N-dealkylation sites (tertiary alicyclic amines) is 2. The summed E-state index contributed by atoms with van der Waals surface area (Å²) in [7, 11) is 2.05. The number of ether oxygens (including phenoxy) is 2. The van der Waals surface area contributed by atoms with E-state index in [9.17, 15) is 14.3 Å². The summed E-state index contributed by atoms with van der Waals surface area (Å²) >= 11 is 6.60. The van der Waals surface area contributed by atoms with Crippen LogP contribution in [0.15, 0.2) is 24.3 Å². The van der Waals surface area contributed by atoms with Gasteiger partial charge < -0.3 is 29.3 Å². The summed E-state index contributed by atoms with van der Waals surface area (Å²) in [6.45, 7) is 9.78. The van der Waals surface area contributed by atoms with Crippen LogP contribution in [-0.4, -0.2) is 89.0 Å². The van der Waals surface area contributed by atoms with Crippen LogP contribution >= 0.6 is 11.6 Å². The number of aromatic nitrogens is 2. The van der Waals surface area contributed by atoms with Crippen molar-refractivity contribution in [3.05, 3.63) is 40.9 Å². The normalized spacial score (nSPS) is 19.3. The van der Waals surface area contributed by atoms with Crippen LogP contribution in [0.25, 0.3) is 22.0 Å². The molecule has 1 aromatic heterocycles. The number of rotatable bonds is 4. The summed E-state index contributed by atoms with van der Waals surface area (Å²) in [4.78, 5) is 27.8. The third-order valence-corrected chi connectivity index (χ3v) is 9.15. The van der Waals surface area contributed by atoms with Crippen LogP contribution in [0.4, 0.5) is 19.4 Å². The van der Waals surface area contributed by atoms with Gasteiger partial charge in [-0.3, -0.25) is 0 Å². The molecular formula is C32H38ClF2N5O4. The quantitative estimate of drug-likeness (QED) is 0.363. The van der Waals surface area contributed by atoms with Crippen LogP contribution < -0.4 is 9.64 Å². The maximum absolute atomic E-state index is 16.4. The smallest absolute Gasteiger partial charge is 0.410 e. The predicted molar refractivity (Wildman–Crippen MR) is 164 cm³/mol. The number of phenolic OH excluding ortho intramolecular Hbond substituents is 1. The van der Waals surface area contributed by atoms with Crippen molar-refractivity contribution in [1.29, 1.82) is 0 Å². The number of anilines is 1. The average Bonchev–Trinajstić information content (AvgIpc) is 2.94. The number of carbonyl (C=O) groups excluding carboxylic acids is 1. The maximum Gasteiger partial charge on any atom is 0.410 e. The fourth-order valence-electron chi connectivity index (χ4n) is 6.42. The lowest BCUT2D eigenvalue weighted by Crippen LogP contribution is -2.62. The van der Waals surface area contributed by atoms with E-state index >= 15 is 4.39 Å². The van der Waals surface area contributed by atoms with Gasteiger partial charge in [-0.05, 0) is 71.7 Å². The van der Waals surface area contributed by atoms with Crippen LogP contribution in [0, 0.1) is 17.0 Å². The van der Waals surface area contributed by atoms with Gasteiger partial charge in [0.1, 0.15) is 34.6 Å². The molecule has 1 spiro atoms. The molecule has 44 heavy (non-hydrogen) atoms. The molecule has 9 nitrogen and oxygen atoms in total. The first kappa shape index (κ1) is 30.6. The summed E-state index contributed by atoms with van der Waals surface area (Å²) in [5.41, 5.74) is -1.21. The Labute approximate surface area is 260 Å². The lowest BCUT2D eigenvalue weighted by atomic mass is 9.72. The highest BCUT2D eigenvalue weighted by Gasteiger charge is 2.48. The minimum atomic E-state index is -0.856. The topological polar surface area (TPSA) is 91.3 Å². The Morgan fingerprint density at radius 1 is 1.07 bits per heavy atom. The zero-order chi connectivity index (χ0) is 31.4. The Kier molecular flexibility index (Phi) is 7.98. The van der Waals surface area contributed by atoms with Crippen LogP contribution in [0.3, 0.4) is 0 Å². The second-order valence-corrected chi connectivity index (χ2v) is 13.8. The molecule has 0 saturated carbocycles. The number of fused-ring (bicyclic) bond motifs is 1. The predicted octanol–water partition coefficient (Wildman–Crippen LogP) is 6.24. The summed E-state index contributed by atoms with van der Waals surface area (Å²) in [5.74, 6) is -1.60. The van der Waals surface area contributed by atoms with E-state index in [0.717, 1.165) is 44.8 Å². The average molecular weight is 630 g/mol. The van der Waals surface area contributed by atoms with Gasteiger partial charge in [0.2, 0.25) is 0 Å². The van der Waals surface area contributed by atoms with Gasteiger partial charge in [0.25, 0.3) is 0 Å². The zero-order valence-corrected chi connectivity index (χ0v) is 26.3. The van der Waals surface area contributed by atoms with Crippen molar-refractivity contribution >= 4 is 34.4 Å². The van der Waals surface area contributed by atoms with Gasteiger partial charge >= 0.3 is 12.1 Å². The van der Waals surface area contributed by atoms with Crippen molar-refractivity contribution in [3.8, 4) is 22.9 Å². The van der Waals surface area contributed by atoms with Crippen molar-refractivity contribution in [1.82, 2.24) is 19.8 Å². The van der Waals surface area contributed by atoms with Gasteiger partial charge in [-0.15, -0.1) is 0 Å². The van der Waals surface area contributed by atoms with E-state index < -0.39 is 23.0 Å². The van der Waals surface area contributed by atoms with Crippen LogP contribution in [-0.2, 0) is 4.74 Å². The molecule has 4 heterocycles. The standard InChI is InChI=1S/C32H38ClF2N5O4/c1-31(2,3)44-30(42)40-17-32(18-40)10-14-39(15-11-32)28-20-16-21(33)24(25-22(34)6-5-7-23(25)41)26(35)27(20)36-29(37-28)43-19-8-12-38(4)13-9-19/h5-7,16,19,41H,8-15,17-18H2,1-4H3. The van der Waals surface area contributed by atoms with Crippen molar-refractivity contribution < 1.29 is 28.2 Å². The van der Waals surface area contributed by atoms with Gasteiger partial charge in [-0.1, -0.05) is 17.7 Å². The number of halogens is 3. The molecule has 0 unspecified atom stereocenters. The minimum absolute atomic E-state index is 0.0118. The monoisotopic (exact) mass is 629 g/mol. The van der Waals surface area contributed by atoms with Gasteiger partial charge in [0.05, 0.1) is 10.6 Å². The lowest BCUT2D eigenvalue weighted by Gasteiger charge is -2.53. The minimum Gasteiger partial charge on any atom is -0.507 e. The molecule has 2 aromatic carbocycles. The third-order valence-electron chi connectivity index (χ3n) is 8.85. The molecule has 0 bridgehead atoms. The molecule has 3 saturated heterocycles.